The van der Waals surface area contributed by atoms with Crippen LogP contribution in [0.3, 0.4) is 0 Å². The fourth-order valence-electron chi connectivity index (χ4n) is 3.47. The van der Waals surface area contributed by atoms with E-state index in [0.717, 1.165) is 25.7 Å². The molecule has 0 spiro atoms. The van der Waals surface area contributed by atoms with E-state index in [9.17, 15) is 15.0 Å². The van der Waals surface area contributed by atoms with Crippen molar-refractivity contribution in [3.05, 3.63) is 29.3 Å². The van der Waals surface area contributed by atoms with Crippen molar-refractivity contribution in [2.75, 3.05) is 72.3 Å². The van der Waals surface area contributed by atoms with Gasteiger partial charge in [-0.25, -0.2) is 0 Å². The molecular formula is C28H49NO8S2. The molecule has 226 valence electrons. The molecule has 3 N–H and O–H groups in total. The molecule has 0 radical (unpaired) electrons. The molecular weight excluding hydrogens is 542 g/mol. The molecule has 0 heterocycles. The lowest BCUT2D eigenvalue weighted by Gasteiger charge is -2.21. The maximum absolute atomic E-state index is 11.9. The summed E-state index contributed by atoms with van der Waals surface area (Å²) in [6, 6.07) is 5.23. The topological polar surface area (TPSA) is 116 Å². The van der Waals surface area contributed by atoms with Gasteiger partial charge < -0.3 is 39.2 Å². The van der Waals surface area contributed by atoms with Gasteiger partial charge >= 0.3 is 0 Å². The summed E-state index contributed by atoms with van der Waals surface area (Å²) in [5.41, 5.74) is 1.40. The Morgan fingerprint density at radius 2 is 1.33 bits per heavy atom. The summed E-state index contributed by atoms with van der Waals surface area (Å²) in [6.07, 6.45) is 6.47. The Morgan fingerprint density at radius 3 is 1.90 bits per heavy atom. The van der Waals surface area contributed by atoms with E-state index < -0.39 is 0 Å². The fourth-order valence-corrected chi connectivity index (χ4v) is 5.71. The highest BCUT2D eigenvalue weighted by atomic mass is 33.1. The largest absolute Gasteiger partial charge is 0.491 e. The van der Waals surface area contributed by atoms with Gasteiger partial charge in [0.05, 0.1) is 52.9 Å². The zero-order chi connectivity index (χ0) is 28.6. The standard InChI is InChI=1S/C28H49NO8S2/c1-28(2,39-38-3)8-7-27(32)29-9-12-33-10-5-4-6-11-34-13-14-35-15-16-36-17-18-37-26-20-24(22-30)19-25(21-26)23-31/h19-21,30-31H,4-18,22-23H2,1-3H3,(H,29,32). The number of carbonyl (C=O) groups is 1. The van der Waals surface area contributed by atoms with Gasteiger partial charge in [0.2, 0.25) is 5.91 Å². The molecule has 39 heavy (non-hydrogen) atoms. The van der Waals surface area contributed by atoms with Gasteiger partial charge in [0, 0.05) is 30.9 Å². The van der Waals surface area contributed by atoms with Gasteiger partial charge in [0.15, 0.2) is 0 Å². The molecule has 0 saturated heterocycles. The van der Waals surface area contributed by atoms with Crippen LogP contribution in [0.1, 0.15) is 57.1 Å². The number of hydrogen-bond donors (Lipinski definition) is 3. The maximum atomic E-state index is 11.9. The molecule has 1 rings (SSSR count). The molecule has 0 atom stereocenters. The maximum Gasteiger partial charge on any atom is 0.220 e. The molecule has 1 aromatic carbocycles. The van der Waals surface area contributed by atoms with Crippen molar-refractivity contribution in [2.45, 2.75) is 63.9 Å². The Bertz CT molecular complexity index is 732. The first-order chi connectivity index (χ1) is 18.9. The molecule has 0 aliphatic carbocycles. The van der Waals surface area contributed by atoms with Crippen molar-refractivity contribution in [1.29, 1.82) is 0 Å². The van der Waals surface area contributed by atoms with Crippen LogP contribution in [0.5, 0.6) is 5.75 Å². The van der Waals surface area contributed by atoms with Gasteiger partial charge in [0.25, 0.3) is 0 Å². The Labute approximate surface area is 242 Å². The van der Waals surface area contributed by atoms with Crippen LogP contribution in [0.2, 0.25) is 0 Å². The Hall–Kier alpha value is -1.05. The zero-order valence-electron chi connectivity index (χ0n) is 23.9. The first kappa shape index (κ1) is 36.0. The van der Waals surface area contributed by atoms with E-state index in [1.807, 2.05) is 0 Å². The lowest BCUT2D eigenvalue weighted by molar-refractivity contribution is -0.121. The van der Waals surface area contributed by atoms with Gasteiger partial charge in [-0.2, -0.15) is 0 Å². The molecule has 9 nitrogen and oxygen atoms in total. The molecule has 0 aliphatic rings. The summed E-state index contributed by atoms with van der Waals surface area (Å²) < 4.78 is 27.9. The number of ether oxygens (including phenoxy) is 5. The lowest BCUT2D eigenvalue weighted by atomic mass is 10.1. The Balaban J connectivity index is 1.81. The van der Waals surface area contributed by atoms with Crippen molar-refractivity contribution in [3.63, 3.8) is 0 Å². The van der Waals surface area contributed by atoms with Gasteiger partial charge in [0.1, 0.15) is 12.4 Å². The molecule has 0 aromatic heterocycles. The molecule has 0 aliphatic heterocycles. The molecule has 1 aromatic rings. The Morgan fingerprint density at radius 1 is 0.795 bits per heavy atom. The molecule has 1 amide bonds. The third-order valence-corrected chi connectivity index (χ3v) is 8.22. The van der Waals surface area contributed by atoms with Crippen LogP contribution < -0.4 is 10.1 Å². The van der Waals surface area contributed by atoms with Crippen molar-refractivity contribution in [1.82, 2.24) is 5.32 Å². The number of aliphatic hydroxyl groups is 2. The number of nitrogens with one attached hydrogen (secondary N) is 1. The highest BCUT2D eigenvalue weighted by Crippen LogP contribution is 2.36. The van der Waals surface area contributed by atoms with Crippen molar-refractivity contribution in [2.24, 2.45) is 0 Å². The van der Waals surface area contributed by atoms with Gasteiger partial charge in [-0.1, -0.05) is 27.7 Å². The average Bonchev–Trinajstić information content (AvgIpc) is 2.92. The smallest absolute Gasteiger partial charge is 0.220 e. The fraction of sp³-hybridized carbons (Fsp3) is 0.750. The summed E-state index contributed by atoms with van der Waals surface area (Å²) in [6.45, 7) is 9.48. The third kappa shape index (κ3) is 20.5. The predicted octanol–water partition coefficient (Wildman–Crippen LogP) is 3.97. The second-order valence-corrected chi connectivity index (χ2v) is 12.6. The SMILES string of the molecule is CSSC(C)(C)CCC(=O)NCCOCCCCCOCCOCCOCCOc1cc(CO)cc(CO)c1. The normalized spacial score (nSPS) is 11.6. The third-order valence-electron chi connectivity index (χ3n) is 5.54. The van der Waals surface area contributed by atoms with Crippen LogP contribution in [0.4, 0.5) is 0 Å². The first-order valence-corrected chi connectivity index (χ1v) is 16.2. The first-order valence-electron chi connectivity index (χ1n) is 13.7. The van der Waals surface area contributed by atoms with Crippen molar-refractivity contribution in [3.8, 4) is 5.75 Å². The van der Waals surface area contributed by atoms with Crippen molar-refractivity contribution < 1.29 is 38.7 Å². The molecule has 0 fully saturated rings. The molecule has 0 unspecified atom stereocenters. The van der Waals surface area contributed by atoms with E-state index in [1.165, 1.54) is 0 Å². The minimum absolute atomic E-state index is 0.0903. The van der Waals surface area contributed by atoms with Gasteiger partial charge in [-0.15, -0.1) is 0 Å². The minimum Gasteiger partial charge on any atom is -0.491 e. The average molecular weight is 592 g/mol. The number of aliphatic hydroxyl groups excluding tert-OH is 2. The minimum atomic E-state index is -0.0999. The van der Waals surface area contributed by atoms with E-state index in [-0.39, 0.29) is 23.9 Å². The summed E-state index contributed by atoms with van der Waals surface area (Å²) in [5, 5.41) is 21.4. The van der Waals surface area contributed by atoms with Crippen LogP contribution in [0.25, 0.3) is 0 Å². The van der Waals surface area contributed by atoms with E-state index in [2.05, 4.69) is 25.4 Å². The highest BCUT2D eigenvalue weighted by Gasteiger charge is 2.19. The van der Waals surface area contributed by atoms with E-state index in [1.54, 1.807) is 39.8 Å². The number of unbranched alkanes of at least 4 members (excludes halogenated alkanes) is 2. The zero-order valence-corrected chi connectivity index (χ0v) is 25.5. The van der Waals surface area contributed by atoms with Gasteiger partial charge in [-0.3, -0.25) is 4.79 Å². The van der Waals surface area contributed by atoms with Crippen LogP contribution in [-0.4, -0.2) is 93.1 Å². The van der Waals surface area contributed by atoms with Crippen LogP contribution in [0, 0.1) is 0 Å². The molecule has 0 saturated carbocycles. The second-order valence-electron chi connectivity index (χ2n) is 9.52. The van der Waals surface area contributed by atoms with Crippen LogP contribution in [-0.2, 0) is 37.0 Å². The Kier molecular flexibility index (Phi) is 21.8. The number of rotatable bonds is 26. The second kappa shape index (κ2) is 23.6. The monoisotopic (exact) mass is 591 g/mol. The lowest BCUT2D eigenvalue weighted by Crippen LogP contribution is -2.29. The van der Waals surface area contributed by atoms with E-state index in [0.29, 0.717) is 89.3 Å². The summed E-state index contributed by atoms with van der Waals surface area (Å²) in [5.74, 6) is 0.694. The number of hydrogen-bond acceptors (Lipinski definition) is 10. The summed E-state index contributed by atoms with van der Waals surface area (Å²) >= 11 is 0. The highest BCUT2D eigenvalue weighted by molar-refractivity contribution is 8.76. The number of benzene rings is 1. The summed E-state index contributed by atoms with van der Waals surface area (Å²) in [7, 11) is 3.54. The molecule has 11 heteroatoms. The van der Waals surface area contributed by atoms with Crippen LogP contribution in [0.15, 0.2) is 18.2 Å². The van der Waals surface area contributed by atoms with E-state index >= 15 is 0 Å². The number of amides is 1. The van der Waals surface area contributed by atoms with Crippen LogP contribution >= 0.6 is 21.6 Å². The quantitative estimate of drug-likeness (QED) is 0.108. The predicted molar refractivity (Wildman–Crippen MR) is 158 cm³/mol. The molecule has 0 bridgehead atoms. The number of carbonyl (C=O) groups excluding carboxylic acids is 1. The van der Waals surface area contributed by atoms with Gasteiger partial charge in [-0.05, 0) is 69.0 Å². The summed E-state index contributed by atoms with van der Waals surface area (Å²) in [4.78, 5) is 11.9. The van der Waals surface area contributed by atoms with E-state index in [4.69, 9.17) is 23.7 Å². The van der Waals surface area contributed by atoms with Crippen molar-refractivity contribution >= 4 is 27.5 Å².